The van der Waals surface area contributed by atoms with Gasteiger partial charge in [0.25, 0.3) is 0 Å². The van der Waals surface area contributed by atoms with E-state index >= 15 is 0 Å². The van der Waals surface area contributed by atoms with Crippen LogP contribution in [0.1, 0.15) is 6.92 Å². The molecular formula is C12H30N2OS2+2. The normalized spacial score (nSPS) is 11.8. The molecule has 0 atom stereocenters. The van der Waals surface area contributed by atoms with Crippen molar-refractivity contribution >= 4 is 29.5 Å². The first-order chi connectivity index (χ1) is 7.48. The molecule has 0 fully saturated rings. The van der Waals surface area contributed by atoms with Crippen molar-refractivity contribution in [3.63, 3.8) is 0 Å². The summed E-state index contributed by atoms with van der Waals surface area (Å²) in [6.07, 6.45) is 0. The summed E-state index contributed by atoms with van der Waals surface area (Å²) in [6.45, 7) is 3.80. The van der Waals surface area contributed by atoms with E-state index in [9.17, 15) is 4.79 Å². The first kappa shape index (κ1) is 19.6. The Balaban J connectivity index is 0. The van der Waals surface area contributed by atoms with E-state index in [2.05, 4.69) is 54.9 Å². The van der Waals surface area contributed by atoms with Crippen LogP contribution in [0.4, 0.5) is 0 Å². The molecule has 0 saturated carbocycles. The summed E-state index contributed by atoms with van der Waals surface area (Å²) in [5.74, 6) is 1.91. The molecule has 0 aromatic heterocycles. The fourth-order valence-corrected chi connectivity index (χ4v) is 2.29. The molecular weight excluding hydrogens is 252 g/mol. The number of thiol groups is 1. The van der Waals surface area contributed by atoms with Crippen molar-refractivity contribution in [2.75, 3.05) is 66.9 Å². The van der Waals surface area contributed by atoms with Crippen LogP contribution in [0.2, 0.25) is 0 Å². The van der Waals surface area contributed by atoms with E-state index in [1.54, 1.807) is 6.92 Å². The van der Waals surface area contributed by atoms with Crippen LogP contribution in [-0.4, -0.2) is 81.0 Å². The fourth-order valence-electron chi connectivity index (χ4n) is 0.763. The minimum absolute atomic E-state index is 0.216. The van der Waals surface area contributed by atoms with Crippen LogP contribution in [0.25, 0.3) is 0 Å². The summed E-state index contributed by atoms with van der Waals surface area (Å²) in [5.41, 5.74) is 0. The maximum absolute atomic E-state index is 10.5. The van der Waals surface area contributed by atoms with Gasteiger partial charge in [-0.1, -0.05) is 11.8 Å². The van der Waals surface area contributed by atoms with E-state index in [-0.39, 0.29) is 5.12 Å². The van der Waals surface area contributed by atoms with E-state index in [1.807, 2.05) is 0 Å². The Morgan fingerprint density at radius 1 is 1.00 bits per heavy atom. The van der Waals surface area contributed by atoms with Gasteiger partial charge in [-0.2, -0.15) is 12.6 Å². The van der Waals surface area contributed by atoms with Crippen molar-refractivity contribution < 1.29 is 13.8 Å². The second kappa shape index (κ2) is 9.25. The molecule has 3 nitrogen and oxygen atoms in total. The third-order valence-electron chi connectivity index (χ3n) is 1.84. The van der Waals surface area contributed by atoms with Crippen molar-refractivity contribution in [2.45, 2.75) is 6.92 Å². The largest absolute Gasteiger partial charge is 0.330 e. The van der Waals surface area contributed by atoms with E-state index in [1.165, 1.54) is 11.8 Å². The Hall–Kier alpha value is 0.290. The van der Waals surface area contributed by atoms with Gasteiger partial charge in [-0.3, -0.25) is 4.79 Å². The average Bonchev–Trinajstić information content (AvgIpc) is 1.98. The summed E-state index contributed by atoms with van der Waals surface area (Å²) in [6, 6.07) is 0. The number of hydrogen-bond acceptors (Lipinski definition) is 3. The topological polar surface area (TPSA) is 17.1 Å². The molecule has 0 rings (SSSR count). The third kappa shape index (κ3) is 26.1. The lowest BCUT2D eigenvalue weighted by Gasteiger charge is -2.22. The van der Waals surface area contributed by atoms with Crippen molar-refractivity contribution in [3.05, 3.63) is 0 Å². The average molecular weight is 283 g/mol. The van der Waals surface area contributed by atoms with Gasteiger partial charge in [-0.05, 0) is 0 Å². The molecule has 0 aromatic carbocycles. The Morgan fingerprint density at radius 3 is 1.59 bits per heavy atom. The van der Waals surface area contributed by atoms with E-state index < -0.39 is 0 Å². The van der Waals surface area contributed by atoms with Gasteiger partial charge in [0.2, 0.25) is 0 Å². The minimum Gasteiger partial charge on any atom is -0.330 e. The number of carbonyl (C=O) groups excluding carboxylic acids is 1. The molecule has 0 heterocycles. The number of rotatable bonds is 5. The van der Waals surface area contributed by atoms with Crippen molar-refractivity contribution in [1.82, 2.24) is 0 Å². The molecule has 0 aliphatic rings. The molecule has 17 heavy (non-hydrogen) atoms. The van der Waals surface area contributed by atoms with Gasteiger partial charge in [0, 0.05) is 12.7 Å². The lowest BCUT2D eigenvalue weighted by atomic mass is 10.6. The maximum atomic E-state index is 10.5. The predicted octanol–water partition coefficient (Wildman–Crippen LogP) is 1.59. The highest BCUT2D eigenvalue weighted by Gasteiger charge is 2.06. The molecule has 0 aliphatic heterocycles. The highest BCUT2D eigenvalue weighted by Crippen LogP contribution is 2.02. The van der Waals surface area contributed by atoms with Gasteiger partial charge in [0.1, 0.15) is 0 Å². The van der Waals surface area contributed by atoms with Crippen LogP contribution in [0.15, 0.2) is 0 Å². The van der Waals surface area contributed by atoms with Crippen LogP contribution < -0.4 is 0 Å². The molecule has 0 aliphatic carbocycles. The van der Waals surface area contributed by atoms with Gasteiger partial charge in [0.05, 0.1) is 61.1 Å². The van der Waals surface area contributed by atoms with Crippen molar-refractivity contribution in [1.29, 1.82) is 0 Å². The van der Waals surface area contributed by atoms with Crippen LogP contribution in [0.5, 0.6) is 0 Å². The number of carbonyl (C=O) groups is 1. The number of thioether (sulfide) groups is 1. The summed E-state index contributed by atoms with van der Waals surface area (Å²) in [5, 5.41) is 0.216. The van der Waals surface area contributed by atoms with E-state index in [0.717, 1.165) is 33.6 Å². The maximum Gasteiger partial charge on any atom is 0.186 e. The van der Waals surface area contributed by atoms with Crippen LogP contribution in [0.3, 0.4) is 0 Å². The number of hydrogen-bond donors (Lipinski definition) is 1. The molecule has 0 aromatic rings. The summed E-state index contributed by atoms with van der Waals surface area (Å²) < 4.78 is 1.95. The molecule has 0 bridgehead atoms. The SMILES string of the molecule is CC(=O)SCC[N+](C)(C)C.C[N+](C)(C)CCS. The number of quaternary nitrogens is 2. The van der Waals surface area contributed by atoms with E-state index in [0.29, 0.717) is 0 Å². The van der Waals surface area contributed by atoms with Crippen molar-refractivity contribution in [2.24, 2.45) is 0 Å². The second-order valence-electron chi connectivity index (χ2n) is 6.09. The Morgan fingerprint density at radius 2 is 1.41 bits per heavy atom. The van der Waals surface area contributed by atoms with Gasteiger partial charge in [-0.15, -0.1) is 0 Å². The molecule has 5 heteroatoms. The monoisotopic (exact) mass is 282 g/mol. The van der Waals surface area contributed by atoms with Crippen molar-refractivity contribution in [3.8, 4) is 0 Å². The predicted molar refractivity (Wildman–Crippen MR) is 82.8 cm³/mol. The lowest BCUT2D eigenvalue weighted by Crippen LogP contribution is -2.36. The highest BCUT2D eigenvalue weighted by atomic mass is 32.2. The van der Waals surface area contributed by atoms with Crippen LogP contribution >= 0.6 is 24.4 Å². The fraction of sp³-hybridized carbons (Fsp3) is 0.917. The van der Waals surface area contributed by atoms with Gasteiger partial charge < -0.3 is 8.97 Å². The van der Waals surface area contributed by atoms with Crippen LogP contribution in [-0.2, 0) is 4.79 Å². The lowest BCUT2D eigenvalue weighted by molar-refractivity contribution is -0.867. The first-order valence-electron chi connectivity index (χ1n) is 5.83. The molecule has 104 valence electrons. The van der Waals surface area contributed by atoms with Crippen LogP contribution in [0, 0.1) is 0 Å². The number of nitrogens with zero attached hydrogens (tertiary/aromatic N) is 2. The zero-order chi connectivity index (χ0) is 14.1. The Bertz CT molecular complexity index is 208. The van der Waals surface area contributed by atoms with E-state index in [4.69, 9.17) is 0 Å². The minimum atomic E-state index is 0.216. The molecule has 0 amide bonds. The Kier molecular flexibility index (Phi) is 10.7. The third-order valence-corrected chi connectivity index (χ3v) is 2.83. The molecule has 0 N–H and O–H groups in total. The molecule has 0 unspecified atom stereocenters. The zero-order valence-corrected chi connectivity index (χ0v) is 14.2. The summed E-state index contributed by atoms with van der Waals surface area (Å²) >= 11 is 5.50. The molecule has 0 spiro atoms. The second-order valence-corrected chi connectivity index (χ2v) is 7.81. The highest BCUT2D eigenvalue weighted by molar-refractivity contribution is 8.13. The Labute approximate surface area is 117 Å². The molecule has 0 radical (unpaired) electrons. The smallest absolute Gasteiger partial charge is 0.186 e. The van der Waals surface area contributed by atoms with Gasteiger partial charge >= 0.3 is 0 Å². The summed E-state index contributed by atoms with van der Waals surface area (Å²) in [7, 11) is 12.9. The zero-order valence-electron chi connectivity index (χ0n) is 12.5. The molecule has 0 saturated heterocycles. The standard InChI is InChI=1S/C7H16NOS.C5H13NS/c1-7(9)10-6-5-8(2,3)4;1-6(2,3)4-5-7/h5-6H2,1-4H3;4-5H2,1-3H3/q+1;/p+1. The summed E-state index contributed by atoms with van der Waals surface area (Å²) in [4.78, 5) is 10.5. The quantitative estimate of drug-likeness (QED) is 0.609. The first-order valence-corrected chi connectivity index (χ1v) is 7.45. The van der Waals surface area contributed by atoms with Gasteiger partial charge in [0.15, 0.2) is 5.12 Å². The van der Waals surface area contributed by atoms with Gasteiger partial charge in [-0.25, -0.2) is 0 Å².